The fraction of sp³-hybridized carbons (Fsp3) is 0.488. The van der Waals surface area contributed by atoms with Gasteiger partial charge in [0, 0.05) is 31.5 Å². The van der Waals surface area contributed by atoms with E-state index in [9.17, 15) is 19.2 Å². The minimum Gasteiger partial charge on any atom is -0.491 e. The number of carbonyl (C=O) groups excluding carboxylic acids is 4. The number of nitrogens with zero attached hydrogens (tertiary/aromatic N) is 5. The summed E-state index contributed by atoms with van der Waals surface area (Å²) < 4.78 is 9.45. The molecular formula is C41H55N9O5. The van der Waals surface area contributed by atoms with Crippen molar-refractivity contribution in [2.75, 3.05) is 6.61 Å². The maximum absolute atomic E-state index is 14.3. The van der Waals surface area contributed by atoms with Crippen molar-refractivity contribution in [3.05, 3.63) is 94.8 Å². The Bertz CT molecular complexity index is 1920. The second-order valence-corrected chi connectivity index (χ2v) is 15.2. The minimum absolute atomic E-state index is 0.107. The van der Waals surface area contributed by atoms with Crippen molar-refractivity contribution < 1.29 is 23.9 Å². The van der Waals surface area contributed by atoms with Gasteiger partial charge in [0.2, 0.25) is 23.6 Å². The van der Waals surface area contributed by atoms with Crippen LogP contribution in [0.3, 0.4) is 0 Å². The predicted molar refractivity (Wildman–Crippen MR) is 208 cm³/mol. The average Bonchev–Trinajstić information content (AvgIpc) is 3.66. The first-order valence-corrected chi connectivity index (χ1v) is 19.1. The molecule has 2 aliphatic heterocycles. The number of aromatic nitrogens is 5. The highest BCUT2D eigenvalue weighted by Crippen LogP contribution is 2.22. The molecule has 4 aromatic rings. The number of carbonyl (C=O) groups is 4. The zero-order chi connectivity index (χ0) is 39.6. The fourth-order valence-electron chi connectivity index (χ4n) is 6.82. The van der Waals surface area contributed by atoms with E-state index in [1.807, 2.05) is 88.4 Å². The second-order valence-electron chi connectivity index (χ2n) is 15.2. The molecule has 6 rings (SSSR count). The first-order chi connectivity index (χ1) is 26.2. The van der Waals surface area contributed by atoms with Crippen molar-refractivity contribution >= 4 is 23.6 Å². The Morgan fingerprint density at radius 3 is 2.31 bits per heavy atom. The minimum atomic E-state index is -1.01. The smallest absolute Gasteiger partial charge is 0.243 e. The molecule has 0 saturated carbocycles. The van der Waals surface area contributed by atoms with Gasteiger partial charge in [-0.3, -0.25) is 23.9 Å². The Balaban J connectivity index is 1.49. The first kappa shape index (κ1) is 40.7. The number of nitrogens with one attached hydrogen (secondary N) is 4. The third-order valence-electron chi connectivity index (χ3n) is 9.50. The molecule has 4 heterocycles. The fourth-order valence-corrected chi connectivity index (χ4v) is 6.82. The van der Waals surface area contributed by atoms with Gasteiger partial charge in [-0.25, -0.2) is 9.67 Å². The Labute approximate surface area is 323 Å². The van der Waals surface area contributed by atoms with Crippen LogP contribution in [0.4, 0.5) is 0 Å². The maximum atomic E-state index is 14.3. The lowest BCUT2D eigenvalue weighted by atomic mass is 10.00. The molecule has 294 valence electrons. The lowest BCUT2D eigenvalue weighted by Gasteiger charge is -2.27. The van der Waals surface area contributed by atoms with Gasteiger partial charge in [-0.1, -0.05) is 70.2 Å². The summed E-state index contributed by atoms with van der Waals surface area (Å²) in [6.45, 7) is 14.1. The van der Waals surface area contributed by atoms with Crippen LogP contribution >= 0.6 is 0 Å². The van der Waals surface area contributed by atoms with Gasteiger partial charge in [0.15, 0.2) is 5.82 Å². The highest BCUT2D eigenvalue weighted by Gasteiger charge is 2.32. The van der Waals surface area contributed by atoms with Crippen molar-refractivity contribution in [2.24, 2.45) is 11.8 Å². The number of aryl methyl sites for hydroxylation is 4. The summed E-state index contributed by atoms with van der Waals surface area (Å²) in [6, 6.07) is 15.8. The van der Waals surface area contributed by atoms with Crippen LogP contribution < -0.4 is 26.0 Å². The molecule has 2 bridgehead atoms. The van der Waals surface area contributed by atoms with E-state index in [0.29, 0.717) is 36.3 Å². The van der Waals surface area contributed by atoms with E-state index < -0.39 is 29.9 Å². The molecule has 0 spiro atoms. The standard InChI is InChI=1S/C41H55N9O5/c1-25(2)19-32-24-55-33-15-13-31(14-16-33)22-34(44-36(51)17-18-49-28(6)20-27(5)47-49)40(53)45-35(21-30-11-9-8-10-12-30)41(54)46-38(26(3)4)39-42-29(7)48-50(39)23-37(52)43-32/h8-16,20,25-26,32,34-35,38H,17-19,21-24H2,1-7H3,(H,43,52)(H,44,51)(H,45,53)(H,46,54)/t32-,34-,35-,38-/m0/s1. The second kappa shape index (κ2) is 18.7. The van der Waals surface area contributed by atoms with Crippen molar-refractivity contribution in [3.63, 3.8) is 0 Å². The van der Waals surface area contributed by atoms with Crippen molar-refractivity contribution in [1.82, 2.24) is 45.8 Å². The SMILES string of the molecule is Cc1cc(C)n(CCC(=O)N[C@H]2Cc3ccc(cc3)OC[C@H](CC(C)C)NC(=O)Cn3nc(C)nc3[C@H](C(C)C)NC(=O)[C@H](Cc3ccccc3)NC2=O)n1. The molecule has 55 heavy (non-hydrogen) atoms. The number of hydrogen-bond donors (Lipinski definition) is 4. The molecule has 2 aromatic heterocycles. The van der Waals surface area contributed by atoms with Gasteiger partial charge in [-0.05, 0) is 68.4 Å². The molecule has 14 nitrogen and oxygen atoms in total. The molecule has 4 amide bonds. The summed E-state index contributed by atoms with van der Waals surface area (Å²) in [4.78, 5) is 60.2. The average molecular weight is 754 g/mol. The van der Waals surface area contributed by atoms with E-state index in [4.69, 9.17) is 4.74 Å². The van der Waals surface area contributed by atoms with Crippen molar-refractivity contribution in [2.45, 2.75) is 111 Å². The van der Waals surface area contributed by atoms with Gasteiger partial charge in [0.1, 0.15) is 36.8 Å². The van der Waals surface area contributed by atoms with Crippen LogP contribution in [-0.4, -0.2) is 72.9 Å². The number of benzene rings is 2. The van der Waals surface area contributed by atoms with Crippen LogP contribution in [0.1, 0.15) is 80.7 Å². The molecule has 0 unspecified atom stereocenters. The zero-order valence-electron chi connectivity index (χ0n) is 33.0. The molecule has 0 fully saturated rings. The molecule has 4 N–H and O–H groups in total. The Kier molecular flexibility index (Phi) is 13.8. The number of fused-ring (bicyclic) bond motifs is 14. The zero-order valence-corrected chi connectivity index (χ0v) is 33.0. The van der Waals surface area contributed by atoms with Crippen LogP contribution in [-0.2, 0) is 45.1 Å². The van der Waals surface area contributed by atoms with Crippen LogP contribution in [0, 0.1) is 32.6 Å². The van der Waals surface area contributed by atoms with Crippen molar-refractivity contribution in [3.8, 4) is 5.75 Å². The van der Waals surface area contributed by atoms with E-state index in [1.165, 1.54) is 4.68 Å². The van der Waals surface area contributed by atoms with E-state index in [0.717, 1.165) is 22.5 Å². The molecule has 2 aliphatic rings. The summed E-state index contributed by atoms with van der Waals surface area (Å²) >= 11 is 0. The van der Waals surface area contributed by atoms with Gasteiger partial charge >= 0.3 is 0 Å². The third-order valence-corrected chi connectivity index (χ3v) is 9.50. The summed E-state index contributed by atoms with van der Waals surface area (Å²) in [7, 11) is 0. The van der Waals surface area contributed by atoms with E-state index >= 15 is 0 Å². The normalized spacial score (nSPS) is 20.0. The molecule has 4 atom stereocenters. The van der Waals surface area contributed by atoms with E-state index in [1.54, 1.807) is 11.6 Å². The number of amides is 4. The lowest BCUT2D eigenvalue weighted by molar-refractivity contribution is -0.132. The summed E-state index contributed by atoms with van der Waals surface area (Å²) in [6.07, 6.45) is 1.16. The van der Waals surface area contributed by atoms with Crippen LogP contribution in [0.2, 0.25) is 0 Å². The summed E-state index contributed by atoms with van der Waals surface area (Å²) in [5, 5.41) is 21.1. The largest absolute Gasteiger partial charge is 0.491 e. The molecule has 14 heteroatoms. The van der Waals surface area contributed by atoms with Gasteiger partial charge in [-0.15, -0.1) is 0 Å². The molecule has 2 aromatic carbocycles. The number of rotatable bonds is 9. The van der Waals surface area contributed by atoms with Gasteiger partial charge in [0.25, 0.3) is 0 Å². The van der Waals surface area contributed by atoms with Gasteiger partial charge < -0.3 is 26.0 Å². The molecular weight excluding hydrogens is 699 g/mol. The Morgan fingerprint density at radius 2 is 1.65 bits per heavy atom. The third kappa shape index (κ3) is 11.7. The Hall–Kier alpha value is -5.53. The van der Waals surface area contributed by atoms with Gasteiger partial charge in [-0.2, -0.15) is 10.2 Å². The first-order valence-electron chi connectivity index (χ1n) is 19.1. The highest BCUT2D eigenvalue weighted by atomic mass is 16.5. The summed E-state index contributed by atoms with van der Waals surface area (Å²) in [5.74, 6) is 0.116. The number of ether oxygens (including phenoxy) is 1. The van der Waals surface area contributed by atoms with Gasteiger partial charge in [0.05, 0.1) is 17.8 Å². The van der Waals surface area contributed by atoms with E-state index in [-0.39, 0.29) is 56.2 Å². The monoisotopic (exact) mass is 753 g/mol. The van der Waals surface area contributed by atoms with Crippen molar-refractivity contribution in [1.29, 1.82) is 0 Å². The maximum Gasteiger partial charge on any atom is 0.243 e. The molecule has 0 radical (unpaired) electrons. The molecule has 0 aliphatic carbocycles. The predicted octanol–water partition coefficient (Wildman–Crippen LogP) is 3.68. The lowest BCUT2D eigenvalue weighted by Crippen LogP contribution is -2.55. The number of hydrogen-bond acceptors (Lipinski definition) is 8. The topological polar surface area (TPSA) is 174 Å². The quantitative estimate of drug-likeness (QED) is 0.200. The van der Waals surface area contributed by atoms with Crippen LogP contribution in [0.5, 0.6) is 5.75 Å². The molecule has 0 saturated heterocycles. The van der Waals surface area contributed by atoms with Crippen LogP contribution in [0.25, 0.3) is 0 Å². The Morgan fingerprint density at radius 1 is 0.927 bits per heavy atom. The summed E-state index contributed by atoms with van der Waals surface area (Å²) in [5.41, 5.74) is 3.42. The van der Waals surface area contributed by atoms with E-state index in [2.05, 4.69) is 50.3 Å². The van der Waals surface area contributed by atoms with Crippen LogP contribution in [0.15, 0.2) is 60.7 Å². The highest BCUT2D eigenvalue weighted by molar-refractivity contribution is 5.92.